The van der Waals surface area contributed by atoms with Gasteiger partial charge < -0.3 is 24.0 Å². The van der Waals surface area contributed by atoms with E-state index in [4.69, 9.17) is 14.0 Å². The minimum Gasteiger partial charge on any atom is -0.497 e. The summed E-state index contributed by atoms with van der Waals surface area (Å²) in [5, 5.41) is 13.7. The van der Waals surface area contributed by atoms with Crippen molar-refractivity contribution in [2.75, 3.05) is 38.6 Å². The van der Waals surface area contributed by atoms with Gasteiger partial charge in [-0.05, 0) is 63.2 Å². The smallest absolute Gasteiger partial charge is 0.261 e. The summed E-state index contributed by atoms with van der Waals surface area (Å²) < 4.78 is 73.4. The van der Waals surface area contributed by atoms with Gasteiger partial charge in [-0.25, -0.2) is 16.8 Å². The normalized spacial score (nSPS) is 18.5. The minimum absolute atomic E-state index is 0.0180. The molecule has 44 heavy (non-hydrogen) atoms. The lowest BCUT2D eigenvalue weighted by molar-refractivity contribution is -0.134. The van der Waals surface area contributed by atoms with E-state index in [9.17, 15) is 26.7 Å². The van der Waals surface area contributed by atoms with Crippen LogP contribution in [-0.4, -0.2) is 88.2 Å². The molecule has 1 aliphatic rings. The molecule has 2 heterocycles. The van der Waals surface area contributed by atoms with Crippen molar-refractivity contribution < 1.29 is 40.7 Å². The predicted octanol–water partition coefficient (Wildman–Crippen LogP) is 2.57. The highest BCUT2D eigenvalue weighted by atomic mass is 32.2. The van der Waals surface area contributed by atoms with Crippen molar-refractivity contribution in [2.24, 2.45) is 5.92 Å². The summed E-state index contributed by atoms with van der Waals surface area (Å²) in [7, 11) is -5.06. The maximum Gasteiger partial charge on any atom is 0.261 e. The second-order valence-corrected chi connectivity index (χ2v) is 14.6. The Morgan fingerprint density at radius 1 is 1.16 bits per heavy atom. The molecular formula is C29H38N4O9S2. The highest BCUT2D eigenvalue weighted by molar-refractivity contribution is 7.92. The molecule has 1 aromatic heterocycles. The number of aliphatic hydroxyl groups excluding tert-OH is 1. The number of anilines is 1. The van der Waals surface area contributed by atoms with Gasteiger partial charge in [-0.3, -0.25) is 9.52 Å². The third kappa shape index (κ3) is 7.01. The minimum atomic E-state index is -4.00. The van der Waals surface area contributed by atoms with E-state index in [0.29, 0.717) is 17.1 Å². The first kappa shape index (κ1) is 33.2. The van der Waals surface area contributed by atoms with E-state index in [2.05, 4.69) is 9.88 Å². The number of aliphatic hydroxyl groups is 1. The van der Waals surface area contributed by atoms with Gasteiger partial charge in [-0.1, -0.05) is 12.1 Å². The number of ether oxygens (including phenoxy) is 2. The lowest BCUT2D eigenvalue weighted by Crippen LogP contribution is -2.48. The average Bonchev–Trinajstić information content (AvgIpc) is 3.34. The number of hydrogen-bond donors (Lipinski definition) is 2. The van der Waals surface area contributed by atoms with Crippen LogP contribution in [0.3, 0.4) is 0 Å². The molecule has 0 saturated carbocycles. The van der Waals surface area contributed by atoms with Crippen LogP contribution in [0.15, 0.2) is 56.8 Å². The number of carbonyl (C=O) groups excluding carboxylic acids is 1. The number of aryl methyl sites for hydroxylation is 2. The molecule has 0 fully saturated rings. The molecule has 0 bridgehead atoms. The van der Waals surface area contributed by atoms with Gasteiger partial charge in [0.05, 0.1) is 37.6 Å². The molecule has 0 unspecified atom stereocenters. The third-order valence-corrected chi connectivity index (χ3v) is 11.1. The monoisotopic (exact) mass is 650 g/mol. The molecule has 240 valence electrons. The molecule has 1 amide bonds. The number of methoxy groups -OCH3 is 1. The maximum absolute atomic E-state index is 13.5. The van der Waals surface area contributed by atoms with Gasteiger partial charge in [0.2, 0.25) is 15.9 Å². The topological polar surface area (TPSA) is 169 Å². The van der Waals surface area contributed by atoms with Crippen LogP contribution in [0.2, 0.25) is 0 Å². The van der Waals surface area contributed by atoms with Crippen LogP contribution < -0.4 is 14.2 Å². The summed E-state index contributed by atoms with van der Waals surface area (Å²) in [6.45, 7) is 6.46. The van der Waals surface area contributed by atoms with Gasteiger partial charge in [-0.2, -0.15) is 4.31 Å². The van der Waals surface area contributed by atoms with Gasteiger partial charge in [-0.15, -0.1) is 0 Å². The van der Waals surface area contributed by atoms with Gasteiger partial charge in [0.15, 0.2) is 5.76 Å². The predicted molar refractivity (Wildman–Crippen MR) is 162 cm³/mol. The van der Waals surface area contributed by atoms with E-state index in [0.717, 1.165) is 4.31 Å². The maximum atomic E-state index is 13.5. The molecule has 13 nitrogen and oxygen atoms in total. The molecule has 3 aromatic rings. The number of fused-ring (bicyclic) bond motifs is 1. The molecule has 15 heteroatoms. The van der Waals surface area contributed by atoms with E-state index in [-0.39, 0.29) is 64.9 Å². The van der Waals surface area contributed by atoms with E-state index < -0.39 is 32.2 Å². The lowest BCUT2D eigenvalue weighted by Gasteiger charge is -2.33. The van der Waals surface area contributed by atoms with E-state index in [1.165, 1.54) is 62.4 Å². The van der Waals surface area contributed by atoms with Crippen molar-refractivity contribution >= 4 is 31.6 Å². The number of rotatable bonds is 10. The zero-order valence-electron chi connectivity index (χ0n) is 25.5. The molecule has 2 N–H and O–H groups in total. The third-order valence-electron chi connectivity index (χ3n) is 7.61. The summed E-state index contributed by atoms with van der Waals surface area (Å²) in [5.41, 5.74) is 0.844. The van der Waals surface area contributed by atoms with Crippen molar-refractivity contribution in [3.8, 4) is 11.5 Å². The van der Waals surface area contributed by atoms with E-state index in [1.54, 1.807) is 19.9 Å². The zero-order valence-corrected chi connectivity index (χ0v) is 27.1. The molecule has 0 spiro atoms. The first-order valence-electron chi connectivity index (χ1n) is 13.9. The number of likely N-dealkylation sites (N-methyl/N-ethyl adjacent to an activating group) is 1. The number of benzene rings is 2. The second kappa shape index (κ2) is 13.1. The van der Waals surface area contributed by atoms with Crippen LogP contribution in [0.1, 0.15) is 30.9 Å². The number of hydrogen-bond acceptors (Lipinski definition) is 10. The highest BCUT2D eigenvalue weighted by Gasteiger charge is 2.35. The fraction of sp³-hybridized carbons (Fsp3) is 0.448. The summed E-state index contributed by atoms with van der Waals surface area (Å²) in [6.07, 6.45) is -0.861. The first-order valence-corrected chi connectivity index (χ1v) is 16.9. The molecule has 0 saturated heterocycles. The Morgan fingerprint density at radius 2 is 1.84 bits per heavy atom. The van der Waals surface area contributed by atoms with Crippen LogP contribution in [0.4, 0.5) is 5.69 Å². The molecule has 3 atom stereocenters. The Labute approximate surface area is 257 Å². The molecule has 0 radical (unpaired) electrons. The van der Waals surface area contributed by atoms with Crippen molar-refractivity contribution in [2.45, 2.75) is 56.1 Å². The van der Waals surface area contributed by atoms with Crippen molar-refractivity contribution in [1.82, 2.24) is 14.4 Å². The average molecular weight is 651 g/mol. The Morgan fingerprint density at radius 3 is 2.43 bits per heavy atom. The van der Waals surface area contributed by atoms with E-state index in [1.807, 2.05) is 6.92 Å². The number of carbonyl (C=O) groups is 1. The number of aromatic nitrogens is 1. The Balaban J connectivity index is 1.68. The van der Waals surface area contributed by atoms with Crippen LogP contribution >= 0.6 is 0 Å². The largest absolute Gasteiger partial charge is 0.497 e. The summed E-state index contributed by atoms with van der Waals surface area (Å²) in [5.74, 6) is 0.322. The molecule has 2 aromatic carbocycles. The van der Waals surface area contributed by atoms with Gasteiger partial charge in [0.25, 0.3) is 10.0 Å². The first-order chi connectivity index (χ1) is 20.7. The van der Waals surface area contributed by atoms with Crippen LogP contribution in [-0.2, 0) is 31.3 Å². The van der Waals surface area contributed by atoms with Gasteiger partial charge >= 0.3 is 0 Å². The van der Waals surface area contributed by atoms with Crippen molar-refractivity contribution in [3.05, 3.63) is 59.5 Å². The summed E-state index contributed by atoms with van der Waals surface area (Å²) in [4.78, 5) is 15.0. The number of amides is 1. The standard InChI is InChI=1S/C29H38N4O9S2/c1-18-15-33(19(2)17-34)28(35)14-22-13-23(31-43(36,37)25-10-8-24(40-6)9-11-25)7-12-26(22)41-27(18)16-32(5)44(38,39)29-20(3)30-42-21(29)4/h7-13,18-19,27,31,34H,14-17H2,1-6H3/t18-,19+,27-/m0/s1. The fourth-order valence-electron chi connectivity index (χ4n) is 5.03. The molecule has 4 rings (SSSR count). The van der Waals surface area contributed by atoms with Crippen LogP contribution in [0, 0.1) is 19.8 Å². The van der Waals surface area contributed by atoms with Crippen molar-refractivity contribution in [1.29, 1.82) is 0 Å². The van der Waals surface area contributed by atoms with Crippen molar-refractivity contribution in [3.63, 3.8) is 0 Å². The van der Waals surface area contributed by atoms with E-state index >= 15 is 0 Å². The molecular weight excluding hydrogens is 612 g/mol. The zero-order chi connectivity index (χ0) is 32.4. The number of sulfonamides is 2. The number of nitrogens with one attached hydrogen (secondary N) is 1. The quantitative estimate of drug-likeness (QED) is 0.333. The molecule has 1 aliphatic heterocycles. The van der Waals surface area contributed by atoms with Gasteiger partial charge in [0, 0.05) is 30.8 Å². The summed E-state index contributed by atoms with van der Waals surface area (Å²) >= 11 is 0. The van der Waals surface area contributed by atoms with Gasteiger partial charge in [0.1, 0.15) is 28.2 Å². The number of nitrogens with zero attached hydrogens (tertiary/aromatic N) is 3. The highest BCUT2D eigenvalue weighted by Crippen LogP contribution is 2.31. The Bertz CT molecular complexity index is 1690. The lowest BCUT2D eigenvalue weighted by atomic mass is 10.0. The Hall–Kier alpha value is -3.66. The summed E-state index contributed by atoms with van der Waals surface area (Å²) in [6, 6.07) is 9.97. The van der Waals surface area contributed by atoms with Crippen LogP contribution in [0.5, 0.6) is 11.5 Å². The molecule has 0 aliphatic carbocycles. The fourth-order valence-corrected chi connectivity index (χ4v) is 7.55. The van der Waals surface area contributed by atoms with Crippen LogP contribution in [0.25, 0.3) is 0 Å². The SMILES string of the molecule is COc1ccc(S(=O)(=O)Nc2ccc3c(c2)CC(=O)N([C@H](C)CO)C[C@H](C)[C@H](CN(C)S(=O)(=O)c2c(C)noc2C)O3)cc1. The second-order valence-electron chi connectivity index (χ2n) is 10.9. The Kier molecular flexibility index (Phi) is 9.93.